The van der Waals surface area contributed by atoms with Gasteiger partial charge in [-0.1, -0.05) is 6.08 Å². The highest BCUT2D eigenvalue weighted by molar-refractivity contribution is 5.38. The van der Waals surface area contributed by atoms with E-state index >= 15 is 0 Å². The van der Waals surface area contributed by atoms with Crippen LogP contribution in [0.4, 0.5) is 5.69 Å². The molecule has 0 radical (unpaired) electrons. The van der Waals surface area contributed by atoms with Crippen molar-refractivity contribution in [3.63, 3.8) is 0 Å². The van der Waals surface area contributed by atoms with Crippen molar-refractivity contribution >= 4 is 5.69 Å². The van der Waals surface area contributed by atoms with Crippen LogP contribution in [0.3, 0.4) is 0 Å². The van der Waals surface area contributed by atoms with Crippen molar-refractivity contribution in [1.82, 2.24) is 9.55 Å². The van der Waals surface area contributed by atoms with Gasteiger partial charge in [0.2, 0.25) is 0 Å². The van der Waals surface area contributed by atoms with Gasteiger partial charge in [-0.2, -0.15) is 0 Å². The van der Waals surface area contributed by atoms with E-state index in [0.717, 1.165) is 0 Å². The zero-order chi connectivity index (χ0) is 9.84. The van der Waals surface area contributed by atoms with E-state index in [0.29, 0.717) is 12.2 Å². The second kappa shape index (κ2) is 3.75. The number of aromatic nitrogens is 2. The van der Waals surface area contributed by atoms with Crippen molar-refractivity contribution in [2.24, 2.45) is 7.05 Å². The zero-order valence-corrected chi connectivity index (χ0v) is 7.33. The van der Waals surface area contributed by atoms with Crippen LogP contribution in [0.5, 0.6) is 0 Å². The van der Waals surface area contributed by atoms with Crippen LogP contribution in [-0.4, -0.2) is 16.1 Å². The summed E-state index contributed by atoms with van der Waals surface area (Å²) in [5.41, 5.74) is -0.471. The van der Waals surface area contributed by atoms with E-state index in [9.17, 15) is 9.59 Å². The largest absolute Gasteiger partial charge is 0.376 e. The van der Waals surface area contributed by atoms with Gasteiger partial charge in [-0.15, -0.1) is 6.58 Å². The maximum Gasteiger partial charge on any atom is 0.328 e. The molecule has 13 heavy (non-hydrogen) atoms. The van der Waals surface area contributed by atoms with Gasteiger partial charge in [-0.05, 0) is 0 Å². The molecule has 0 spiro atoms. The molecule has 0 atom stereocenters. The Hall–Kier alpha value is -1.78. The Morgan fingerprint density at radius 3 is 3.00 bits per heavy atom. The minimum Gasteiger partial charge on any atom is -0.376 e. The Morgan fingerprint density at radius 2 is 2.38 bits per heavy atom. The molecule has 70 valence electrons. The molecule has 5 nitrogen and oxygen atoms in total. The minimum absolute atomic E-state index is 0.363. The number of anilines is 1. The number of aromatic amines is 1. The summed E-state index contributed by atoms with van der Waals surface area (Å²) < 4.78 is 1.30. The Morgan fingerprint density at radius 1 is 1.69 bits per heavy atom. The van der Waals surface area contributed by atoms with Crippen LogP contribution in [0, 0.1) is 0 Å². The number of aryl methyl sites for hydroxylation is 1. The average molecular weight is 181 g/mol. The van der Waals surface area contributed by atoms with E-state index in [2.05, 4.69) is 16.9 Å². The van der Waals surface area contributed by atoms with Gasteiger partial charge in [0.25, 0.3) is 5.56 Å². The molecule has 0 amide bonds. The SMILES string of the molecule is C=CCNc1cn(C)c(=O)[nH]c1=O. The summed E-state index contributed by atoms with van der Waals surface area (Å²) in [5, 5.41) is 2.81. The van der Waals surface area contributed by atoms with E-state index in [1.165, 1.54) is 10.8 Å². The number of H-pyrrole nitrogens is 1. The Bertz CT molecular complexity index is 416. The molecule has 1 heterocycles. The lowest BCUT2D eigenvalue weighted by atomic mass is 10.5. The molecule has 0 bridgehead atoms. The zero-order valence-electron chi connectivity index (χ0n) is 7.33. The quantitative estimate of drug-likeness (QED) is 0.627. The third kappa shape index (κ3) is 2.08. The average Bonchev–Trinajstić information content (AvgIpc) is 2.09. The monoisotopic (exact) mass is 181 g/mol. The van der Waals surface area contributed by atoms with Crippen molar-refractivity contribution in [2.75, 3.05) is 11.9 Å². The second-order valence-corrected chi connectivity index (χ2v) is 2.58. The van der Waals surface area contributed by atoms with Crippen LogP contribution in [0.15, 0.2) is 28.4 Å². The topological polar surface area (TPSA) is 66.9 Å². The van der Waals surface area contributed by atoms with Gasteiger partial charge in [0.15, 0.2) is 0 Å². The van der Waals surface area contributed by atoms with Crippen molar-refractivity contribution in [1.29, 1.82) is 0 Å². The fourth-order valence-corrected chi connectivity index (χ4v) is 0.872. The van der Waals surface area contributed by atoms with Gasteiger partial charge < -0.3 is 9.88 Å². The molecule has 0 aromatic carbocycles. The van der Waals surface area contributed by atoms with E-state index in [-0.39, 0.29) is 0 Å². The highest BCUT2D eigenvalue weighted by Crippen LogP contribution is 1.92. The molecule has 0 saturated carbocycles. The summed E-state index contributed by atoms with van der Waals surface area (Å²) in [4.78, 5) is 24.2. The van der Waals surface area contributed by atoms with Gasteiger partial charge in [0, 0.05) is 19.8 Å². The first-order chi connectivity index (χ1) is 6.15. The molecule has 2 N–H and O–H groups in total. The smallest absolute Gasteiger partial charge is 0.328 e. The predicted molar refractivity (Wildman–Crippen MR) is 51.0 cm³/mol. The lowest BCUT2D eigenvalue weighted by molar-refractivity contribution is 0.801. The van der Waals surface area contributed by atoms with Crippen LogP contribution in [-0.2, 0) is 7.05 Å². The molecule has 0 unspecified atom stereocenters. The molecule has 1 rings (SSSR count). The summed E-state index contributed by atoms with van der Waals surface area (Å²) in [5.74, 6) is 0. The van der Waals surface area contributed by atoms with Crippen molar-refractivity contribution < 1.29 is 0 Å². The lowest BCUT2D eigenvalue weighted by Gasteiger charge is -2.02. The molecule has 0 aliphatic carbocycles. The molecule has 1 aromatic heterocycles. The van der Waals surface area contributed by atoms with Crippen molar-refractivity contribution in [3.8, 4) is 0 Å². The minimum atomic E-state index is -0.422. The normalized spacial score (nSPS) is 9.62. The molecular formula is C8H11N3O2. The van der Waals surface area contributed by atoms with Gasteiger partial charge in [0.05, 0.1) is 0 Å². The molecule has 0 saturated heterocycles. The van der Waals surface area contributed by atoms with Gasteiger partial charge in [-0.25, -0.2) is 4.79 Å². The highest BCUT2D eigenvalue weighted by Gasteiger charge is 1.99. The van der Waals surface area contributed by atoms with Crippen molar-refractivity contribution in [3.05, 3.63) is 39.7 Å². The lowest BCUT2D eigenvalue weighted by Crippen LogP contribution is -2.29. The molecule has 5 heteroatoms. The predicted octanol–water partition coefficient (Wildman–Crippen LogP) is -0.328. The van der Waals surface area contributed by atoms with Gasteiger partial charge in [-0.3, -0.25) is 9.78 Å². The Kier molecular flexibility index (Phi) is 2.69. The molecule has 0 aliphatic heterocycles. The first-order valence-corrected chi connectivity index (χ1v) is 3.80. The van der Waals surface area contributed by atoms with Crippen LogP contribution < -0.4 is 16.6 Å². The molecule has 0 aliphatic rings. The van der Waals surface area contributed by atoms with Crippen LogP contribution in [0.2, 0.25) is 0 Å². The van der Waals surface area contributed by atoms with E-state index in [4.69, 9.17) is 0 Å². The first-order valence-electron chi connectivity index (χ1n) is 3.80. The summed E-state index contributed by atoms with van der Waals surface area (Å²) in [6, 6.07) is 0. The van der Waals surface area contributed by atoms with E-state index < -0.39 is 11.2 Å². The number of rotatable bonds is 3. The third-order valence-corrected chi connectivity index (χ3v) is 1.55. The van der Waals surface area contributed by atoms with Gasteiger partial charge in [0.1, 0.15) is 5.69 Å². The Balaban J connectivity index is 3.08. The number of nitrogens with zero attached hydrogens (tertiary/aromatic N) is 1. The van der Waals surface area contributed by atoms with Gasteiger partial charge >= 0.3 is 5.69 Å². The maximum atomic E-state index is 11.1. The highest BCUT2D eigenvalue weighted by atomic mass is 16.2. The van der Waals surface area contributed by atoms with Crippen LogP contribution >= 0.6 is 0 Å². The fourth-order valence-electron chi connectivity index (χ4n) is 0.872. The van der Waals surface area contributed by atoms with Crippen LogP contribution in [0.25, 0.3) is 0 Å². The van der Waals surface area contributed by atoms with Crippen molar-refractivity contribution in [2.45, 2.75) is 0 Å². The summed E-state index contributed by atoms with van der Waals surface area (Å²) >= 11 is 0. The van der Waals surface area contributed by atoms with E-state index in [1.807, 2.05) is 0 Å². The van der Waals surface area contributed by atoms with Crippen LogP contribution in [0.1, 0.15) is 0 Å². The molecular weight excluding hydrogens is 170 g/mol. The second-order valence-electron chi connectivity index (χ2n) is 2.58. The number of nitrogens with one attached hydrogen (secondary N) is 2. The number of hydrogen-bond acceptors (Lipinski definition) is 3. The summed E-state index contributed by atoms with van der Waals surface area (Å²) in [6.45, 7) is 3.99. The molecule has 0 fully saturated rings. The molecule has 1 aromatic rings. The standard InChI is InChI=1S/C8H11N3O2/c1-3-4-9-6-5-11(2)8(13)10-7(6)12/h3,5,9H,1,4H2,2H3,(H,10,12,13). The summed E-state index contributed by atoms with van der Waals surface area (Å²) in [7, 11) is 1.57. The third-order valence-electron chi connectivity index (χ3n) is 1.55. The first kappa shape index (κ1) is 9.31. The van der Waals surface area contributed by atoms with E-state index in [1.54, 1.807) is 13.1 Å². The summed E-state index contributed by atoms with van der Waals surface area (Å²) in [6.07, 6.45) is 3.08. The fraction of sp³-hybridized carbons (Fsp3) is 0.250. The Labute approximate surface area is 74.7 Å². The maximum absolute atomic E-state index is 11.1. The number of hydrogen-bond donors (Lipinski definition) is 2.